The molecule has 100 valence electrons. The van der Waals surface area contributed by atoms with Crippen LogP contribution in [0.1, 0.15) is 23.2 Å². The van der Waals surface area contributed by atoms with Crippen LogP contribution in [0.4, 0.5) is 13.2 Å². The van der Waals surface area contributed by atoms with Crippen molar-refractivity contribution in [1.29, 1.82) is 0 Å². The van der Waals surface area contributed by atoms with Crippen molar-refractivity contribution in [3.05, 3.63) is 27.3 Å². The molecule has 1 aromatic carbocycles. The van der Waals surface area contributed by atoms with E-state index in [9.17, 15) is 18.0 Å². The van der Waals surface area contributed by atoms with Crippen molar-refractivity contribution in [2.45, 2.75) is 19.0 Å². The maximum atomic E-state index is 11.9. The second-order valence-corrected chi connectivity index (χ2v) is 4.68. The van der Waals surface area contributed by atoms with Crippen molar-refractivity contribution in [2.24, 2.45) is 0 Å². The number of carboxylic acids is 1. The van der Waals surface area contributed by atoms with Crippen LogP contribution < -0.4 is 4.74 Å². The number of hydrogen-bond acceptors (Lipinski definition) is 2. The smallest absolute Gasteiger partial charge is 0.389 e. The summed E-state index contributed by atoms with van der Waals surface area (Å²) in [6.45, 7) is -0.0986. The minimum atomic E-state index is -4.20. The lowest BCUT2D eigenvalue weighted by Crippen LogP contribution is -2.10. The average molecular weight is 374 g/mol. The summed E-state index contributed by atoms with van der Waals surface area (Å²) in [7, 11) is 0. The highest BCUT2D eigenvalue weighted by atomic mass is 127. The summed E-state index contributed by atoms with van der Waals surface area (Å²) in [6, 6.07) is 4.26. The summed E-state index contributed by atoms with van der Waals surface area (Å²) >= 11 is 1.93. The molecule has 0 aliphatic rings. The second-order valence-electron chi connectivity index (χ2n) is 3.52. The third-order valence-corrected chi connectivity index (χ3v) is 2.93. The van der Waals surface area contributed by atoms with Crippen LogP contribution in [0.15, 0.2) is 18.2 Å². The van der Waals surface area contributed by atoms with E-state index in [1.807, 2.05) is 22.6 Å². The van der Waals surface area contributed by atoms with Gasteiger partial charge < -0.3 is 9.84 Å². The van der Waals surface area contributed by atoms with E-state index < -0.39 is 18.6 Å². The molecule has 0 atom stereocenters. The molecule has 0 fully saturated rings. The molecule has 0 saturated carbocycles. The molecule has 3 nitrogen and oxygen atoms in total. The number of benzene rings is 1. The minimum absolute atomic E-state index is 0.0428. The summed E-state index contributed by atoms with van der Waals surface area (Å²) in [6.07, 6.45) is -5.27. The molecule has 0 unspecified atom stereocenters. The zero-order valence-electron chi connectivity index (χ0n) is 9.13. The lowest BCUT2D eigenvalue weighted by atomic mass is 10.2. The summed E-state index contributed by atoms with van der Waals surface area (Å²) in [5.41, 5.74) is 0.0428. The molecule has 0 aromatic heterocycles. The maximum Gasteiger partial charge on any atom is 0.389 e. The highest BCUT2D eigenvalue weighted by Gasteiger charge is 2.26. The Labute approximate surface area is 115 Å². The van der Waals surface area contributed by atoms with Crippen LogP contribution in [-0.4, -0.2) is 23.9 Å². The fourth-order valence-electron chi connectivity index (χ4n) is 1.20. The summed E-state index contributed by atoms with van der Waals surface area (Å²) in [4.78, 5) is 10.7. The third kappa shape index (κ3) is 5.11. The number of carboxylic acid groups (broad SMARTS) is 1. The normalized spacial score (nSPS) is 11.3. The van der Waals surface area contributed by atoms with Crippen molar-refractivity contribution in [1.82, 2.24) is 0 Å². The monoisotopic (exact) mass is 374 g/mol. The molecule has 0 spiro atoms. The summed E-state index contributed by atoms with van der Waals surface area (Å²) < 4.78 is 41.5. The van der Waals surface area contributed by atoms with Crippen LogP contribution in [0.5, 0.6) is 5.75 Å². The number of alkyl halides is 3. The van der Waals surface area contributed by atoms with Crippen molar-refractivity contribution in [3.63, 3.8) is 0 Å². The molecule has 1 aromatic rings. The Morgan fingerprint density at radius 3 is 2.61 bits per heavy atom. The van der Waals surface area contributed by atoms with Gasteiger partial charge in [0.15, 0.2) is 0 Å². The zero-order chi connectivity index (χ0) is 13.8. The van der Waals surface area contributed by atoms with Crippen molar-refractivity contribution < 1.29 is 27.8 Å². The summed E-state index contributed by atoms with van der Waals surface area (Å²) in [5, 5.41) is 8.77. The van der Waals surface area contributed by atoms with E-state index in [4.69, 9.17) is 9.84 Å². The van der Waals surface area contributed by atoms with Gasteiger partial charge in [0.2, 0.25) is 0 Å². The van der Waals surface area contributed by atoms with E-state index in [0.717, 1.165) is 0 Å². The van der Waals surface area contributed by atoms with Crippen LogP contribution in [0.2, 0.25) is 0 Å². The molecule has 0 amide bonds. The molecular formula is C11H10F3IO3. The van der Waals surface area contributed by atoms with Gasteiger partial charge in [0.1, 0.15) is 5.75 Å². The molecule has 18 heavy (non-hydrogen) atoms. The molecule has 0 heterocycles. The first kappa shape index (κ1) is 15.1. The Kier molecular flexibility index (Phi) is 5.24. The van der Waals surface area contributed by atoms with E-state index in [2.05, 4.69) is 0 Å². The Morgan fingerprint density at radius 2 is 2.06 bits per heavy atom. The van der Waals surface area contributed by atoms with Gasteiger partial charge in [0, 0.05) is 6.42 Å². The lowest BCUT2D eigenvalue weighted by Gasteiger charge is -2.10. The van der Waals surface area contributed by atoms with Crippen LogP contribution in [0.25, 0.3) is 0 Å². The van der Waals surface area contributed by atoms with Gasteiger partial charge in [-0.15, -0.1) is 0 Å². The average Bonchev–Trinajstić information content (AvgIpc) is 2.24. The van der Waals surface area contributed by atoms with Gasteiger partial charge in [-0.25, -0.2) is 4.79 Å². The predicted octanol–water partition coefficient (Wildman–Crippen LogP) is 3.71. The highest BCUT2D eigenvalue weighted by molar-refractivity contribution is 14.1. The fraction of sp³-hybridized carbons (Fsp3) is 0.364. The van der Waals surface area contributed by atoms with Crippen LogP contribution >= 0.6 is 22.6 Å². The van der Waals surface area contributed by atoms with Gasteiger partial charge in [-0.2, -0.15) is 13.2 Å². The molecule has 1 N–H and O–H groups in total. The van der Waals surface area contributed by atoms with Gasteiger partial charge in [-0.05, 0) is 47.2 Å². The zero-order valence-corrected chi connectivity index (χ0v) is 11.3. The second kappa shape index (κ2) is 6.26. The van der Waals surface area contributed by atoms with Gasteiger partial charge in [-0.3, -0.25) is 0 Å². The van der Waals surface area contributed by atoms with E-state index >= 15 is 0 Å². The quantitative estimate of drug-likeness (QED) is 0.632. The third-order valence-electron chi connectivity index (χ3n) is 2.04. The van der Waals surface area contributed by atoms with Gasteiger partial charge >= 0.3 is 12.1 Å². The fourth-order valence-corrected chi connectivity index (χ4v) is 1.69. The first-order chi connectivity index (χ1) is 8.29. The molecule has 7 heteroatoms. The Hall–Kier alpha value is -0.990. The van der Waals surface area contributed by atoms with Crippen LogP contribution in [0, 0.1) is 3.57 Å². The maximum absolute atomic E-state index is 11.9. The number of halogens is 4. The molecule has 0 aliphatic heterocycles. The molecule has 0 radical (unpaired) electrons. The van der Waals surface area contributed by atoms with Crippen molar-refractivity contribution in [2.75, 3.05) is 6.61 Å². The van der Waals surface area contributed by atoms with E-state index in [0.29, 0.717) is 3.57 Å². The van der Waals surface area contributed by atoms with Gasteiger partial charge in [-0.1, -0.05) is 0 Å². The molecular weight excluding hydrogens is 364 g/mol. The standard InChI is InChI=1S/C11H10F3IO3/c12-11(13,14)4-1-5-18-9-6-7(10(16)17)2-3-8(9)15/h2-3,6H,1,4-5H2,(H,16,17). The SMILES string of the molecule is O=C(O)c1ccc(I)c(OCCCC(F)(F)F)c1. The number of aromatic carboxylic acids is 1. The number of ether oxygens (including phenoxy) is 1. The number of hydrogen-bond donors (Lipinski definition) is 1. The number of carbonyl (C=O) groups is 1. The molecule has 0 aliphatic carbocycles. The van der Waals surface area contributed by atoms with E-state index in [1.165, 1.54) is 12.1 Å². The summed E-state index contributed by atoms with van der Waals surface area (Å²) in [5.74, 6) is -0.816. The Morgan fingerprint density at radius 1 is 1.39 bits per heavy atom. The largest absolute Gasteiger partial charge is 0.492 e. The Bertz CT molecular complexity index is 432. The highest BCUT2D eigenvalue weighted by Crippen LogP contribution is 2.24. The Balaban J connectivity index is 2.56. The molecule has 0 saturated heterocycles. The minimum Gasteiger partial charge on any atom is -0.492 e. The first-order valence-electron chi connectivity index (χ1n) is 5.02. The van der Waals surface area contributed by atoms with Crippen LogP contribution in [-0.2, 0) is 0 Å². The molecule has 1 rings (SSSR count). The van der Waals surface area contributed by atoms with E-state index in [1.54, 1.807) is 6.07 Å². The van der Waals surface area contributed by atoms with Gasteiger partial charge in [0.25, 0.3) is 0 Å². The van der Waals surface area contributed by atoms with Crippen molar-refractivity contribution >= 4 is 28.6 Å². The van der Waals surface area contributed by atoms with Crippen molar-refractivity contribution in [3.8, 4) is 5.75 Å². The molecule has 0 bridgehead atoms. The predicted molar refractivity (Wildman–Crippen MR) is 66.9 cm³/mol. The number of rotatable bonds is 5. The van der Waals surface area contributed by atoms with Gasteiger partial charge in [0.05, 0.1) is 15.7 Å². The first-order valence-corrected chi connectivity index (χ1v) is 6.10. The van der Waals surface area contributed by atoms with E-state index in [-0.39, 0.29) is 24.3 Å². The lowest BCUT2D eigenvalue weighted by molar-refractivity contribution is -0.136. The topological polar surface area (TPSA) is 46.5 Å². The van der Waals surface area contributed by atoms with Crippen LogP contribution in [0.3, 0.4) is 0 Å².